The summed E-state index contributed by atoms with van der Waals surface area (Å²) in [6, 6.07) is -0.214. The fraction of sp³-hybridized carbons (Fsp3) is 0.692. The normalized spacial score (nSPS) is 18.5. The molecule has 0 aromatic carbocycles. The van der Waals surface area contributed by atoms with Gasteiger partial charge in [0.25, 0.3) is 0 Å². The van der Waals surface area contributed by atoms with Gasteiger partial charge in [0.05, 0.1) is 6.54 Å². The Morgan fingerprint density at radius 1 is 1.48 bits per heavy atom. The Labute approximate surface area is 122 Å². The Morgan fingerprint density at radius 3 is 2.95 bits per heavy atom. The van der Waals surface area contributed by atoms with Gasteiger partial charge in [-0.25, -0.2) is 4.79 Å². The number of aryl methyl sites for hydroxylation is 1. The van der Waals surface area contributed by atoms with Crippen LogP contribution in [0.5, 0.6) is 0 Å². The molecule has 0 radical (unpaired) electrons. The lowest BCUT2D eigenvalue weighted by molar-refractivity contribution is -0.137. The Balaban J connectivity index is 1.87. The van der Waals surface area contributed by atoms with Crippen LogP contribution < -0.4 is 5.32 Å². The van der Waals surface area contributed by atoms with Crippen molar-refractivity contribution in [1.82, 2.24) is 20.4 Å². The molecule has 1 atom stereocenters. The second-order valence-electron chi connectivity index (χ2n) is 5.16. The maximum Gasteiger partial charge on any atom is 0.318 e. The van der Waals surface area contributed by atoms with Gasteiger partial charge in [0.15, 0.2) is 5.82 Å². The average Bonchev–Trinajstić information content (AvgIpc) is 2.88. The Morgan fingerprint density at radius 2 is 2.29 bits per heavy atom. The van der Waals surface area contributed by atoms with E-state index in [9.17, 15) is 9.59 Å². The molecular weight excluding hydrogens is 276 g/mol. The molecular formula is C13H20N4O4. The first-order chi connectivity index (χ1) is 10.1. The Kier molecular flexibility index (Phi) is 5.13. The third-order valence-corrected chi connectivity index (χ3v) is 3.55. The lowest BCUT2D eigenvalue weighted by Crippen LogP contribution is -2.48. The molecule has 2 N–H and O–H groups in total. The number of carboxylic acids is 1. The number of carboxylic acid groups (broad SMARTS) is 1. The summed E-state index contributed by atoms with van der Waals surface area (Å²) in [5, 5.41) is 15.2. The molecule has 2 heterocycles. The minimum Gasteiger partial charge on any atom is -0.481 e. The molecule has 116 valence electrons. The molecule has 1 aromatic rings. The lowest BCUT2D eigenvalue weighted by atomic mass is 9.98. The number of urea groups is 1. The topological polar surface area (TPSA) is 109 Å². The fourth-order valence-electron chi connectivity index (χ4n) is 2.53. The quantitative estimate of drug-likeness (QED) is 0.848. The number of rotatable bonds is 5. The van der Waals surface area contributed by atoms with Crippen LogP contribution >= 0.6 is 0 Å². The van der Waals surface area contributed by atoms with Crippen LogP contribution in [0.4, 0.5) is 4.79 Å². The highest BCUT2D eigenvalue weighted by molar-refractivity contribution is 5.74. The predicted octanol–water partition coefficient (Wildman–Crippen LogP) is 1.31. The third-order valence-electron chi connectivity index (χ3n) is 3.55. The van der Waals surface area contributed by atoms with Crippen molar-refractivity contribution in [1.29, 1.82) is 0 Å². The van der Waals surface area contributed by atoms with Crippen molar-refractivity contribution in [3.63, 3.8) is 0 Å². The first kappa shape index (κ1) is 15.3. The molecule has 8 nitrogen and oxygen atoms in total. The minimum absolute atomic E-state index is 0.0122. The molecule has 21 heavy (non-hydrogen) atoms. The fourth-order valence-corrected chi connectivity index (χ4v) is 2.53. The van der Waals surface area contributed by atoms with Crippen molar-refractivity contribution in [3.05, 3.63) is 11.7 Å². The number of carbonyl (C=O) groups excluding carboxylic acids is 1. The van der Waals surface area contributed by atoms with Crippen LogP contribution in [0.1, 0.15) is 43.8 Å². The molecule has 1 aliphatic rings. The van der Waals surface area contributed by atoms with Crippen LogP contribution in [0.25, 0.3) is 0 Å². The van der Waals surface area contributed by atoms with Crippen LogP contribution in [-0.4, -0.2) is 44.7 Å². The molecule has 2 rings (SSSR count). The summed E-state index contributed by atoms with van der Waals surface area (Å²) in [4.78, 5) is 28.6. The van der Waals surface area contributed by atoms with Crippen molar-refractivity contribution >= 4 is 12.0 Å². The van der Waals surface area contributed by atoms with Gasteiger partial charge in [-0.3, -0.25) is 4.79 Å². The van der Waals surface area contributed by atoms with Gasteiger partial charge in [-0.2, -0.15) is 4.98 Å². The SMILES string of the molecule is Cc1nc(CNC(=O)N2CCCCC2CCC(=O)O)no1. The summed E-state index contributed by atoms with van der Waals surface area (Å²) >= 11 is 0. The predicted molar refractivity (Wildman–Crippen MR) is 72.5 cm³/mol. The van der Waals surface area contributed by atoms with Gasteiger partial charge in [0, 0.05) is 25.9 Å². The highest BCUT2D eigenvalue weighted by Crippen LogP contribution is 2.21. The molecule has 2 amide bonds. The van der Waals surface area contributed by atoms with Crippen molar-refractivity contribution in [2.75, 3.05) is 6.54 Å². The molecule has 1 aliphatic heterocycles. The van der Waals surface area contributed by atoms with E-state index in [0.717, 1.165) is 19.3 Å². The molecule has 8 heteroatoms. The molecule has 0 aliphatic carbocycles. The van der Waals surface area contributed by atoms with Crippen molar-refractivity contribution in [2.45, 2.75) is 51.6 Å². The van der Waals surface area contributed by atoms with Crippen LogP contribution in [0.3, 0.4) is 0 Å². The van der Waals surface area contributed by atoms with E-state index in [2.05, 4.69) is 15.5 Å². The number of likely N-dealkylation sites (tertiary alicyclic amines) is 1. The molecule has 1 fully saturated rings. The number of carbonyl (C=O) groups is 2. The van der Waals surface area contributed by atoms with E-state index in [4.69, 9.17) is 9.63 Å². The number of hydrogen-bond acceptors (Lipinski definition) is 5. The maximum absolute atomic E-state index is 12.2. The van der Waals surface area contributed by atoms with E-state index in [-0.39, 0.29) is 25.0 Å². The second-order valence-corrected chi connectivity index (χ2v) is 5.16. The molecule has 1 saturated heterocycles. The summed E-state index contributed by atoms with van der Waals surface area (Å²) in [6.45, 7) is 2.55. The first-order valence-electron chi connectivity index (χ1n) is 7.11. The van der Waals surface area contributed by atoms with Crippen LogP contribution in [0, 0.1) is 6.92 Å². The second kappa shape index (κ2) is 7.05. The highest BCUT2D eigenvalue weighted by Gasteiger charge is 2.27. The van der Waals surface area contributed by atoms with Gasteiger partial charge >= 0.3 is 12.0 Å². The summed E-state index contributed by atoms with van der Waals surface area (Å²) in [7, 11) is 0. The van der Waals surface area contributed by atoms with E-state index in [1.165, 1.54) is 0 Å². The Hall–Kier alpha value is -2.12. The Bertz CT molecular complexity index is 502. The number of nitrogens with one attached hydrogen (secondary N) is 1. The summed E-state index contributed by atoms with van der Waals surface area (Å²) in [6.07, 6.45) is 3.39. The minimum atomic E-state index is -0.830. The van der Waals surface area contributed by atoms with E-state index in [0.29, 0.717) is 24.7 Å². The highest BCUT2D eigenvalue weighted by atomic mass is 16.5. The summed E-state index contributed by atoms with van der Waals surface area (Å²) in [5.74, 6) is 0.0553. The van der Waals surface area contributed by atoms with Crippen molar-refractivity contribution in [3.8, 4) is 0 Å². The zero-order valence-electron chi connectivity index (χ0n) is 12.0. The molecule has 0 saturated carbocycles. The number of aliphatic carboxylic acids is 1. The lowest BCUT2D eigenvalue weighted by Gasteiger charge is -2.35. The van der Waals surface area contributed by atoms with Gasteiger partial charge in [0.1, 0.15) is 0 Å². The van der Waals surface area contributed by atoms with E-state index >= 15 is 0 Å². The monoisotopic (exact) mass is 296 g/mol. The first-order valence-corrected chi connectivity index (χ1v) is 7.11. The smallest absolute Gasteiger partial charge is 0.318 e. The molecule has 1 unspecified atom stereocenters. The summed E-state index contributed by atoms with van der Waals surface area (Å²) < 4.78 is 4.84. The standard InChI is InChI=1S/C13H20N4O4/c1-9-15-11(16-21-9)8-14-13(20)17-7-3-2-4-10(17)5-6-12(18)19/h10H,2-8H2,1H3,(H,14,20)(H,18,19). The number of hydrogen-bond donors (Lipinski definition) is 2. The van der Waals surface area contributed by atoms with Gasteiger partial charge in [-0.1, -0.05) is 5.16 Å². The molecule has 0 spiro atoms. The molecule has 1 aromatic heterocycles. The average molecular weight is 296 g/mol. The van der Waals surface area contributed by atoms with Crippen molar-refractivity contribution in [2.24, 2.45) is 0 Å². The maximum atomic E-state index is 12.2. The van der Waals surface area contributed by atoms with Gasteiger partial charge in [-0.15, -0.1) is 0 Å². The van der Waals surface area contributed by atoms with Gasteiger partial charge in [-0.05, 0) is 25.7 Å². The third kappa shape index (κ3) is 4.44. The number of piperidine rings is 1. The van der Waals surface area contributed by atoms with Crippen LogP contribution in [-0.2, 0) is 11.3 Å². The zero-order chi connectivity index (χ0) is 15.2. The van der Waals surface area contributed by atoms with Gasteiger partial charge in [0.2, 0.25) is 5.89 Å². The zero-order valence-corrected chi connectivity index (χ0v) is 12.0. The van der Waals surface area contributed by atoms with E-state index in [1.54, 1.807) is 11.8 Å². The number of nitrogens with zero attached hydrogens (tertiary/aromatic N) is 3. The van der Waals surface area contributed by atoms with Crippen molar-refractivity contribution < 1.29 is 19.2 Å². The van der Waals surface area contributed by atoms with E-state index in [1.807, 2.05) is 0 Å². The largest absolute Gasteiger partial charge is 0.481 e. The van der Waals surface area contributed by atoms with Gasteiger partial charge < -0.3 is 19.8 Å². The number of aromatic nitrogens is 2. The van der Waals surface area contributed by atoms with E-state index < -0.39 is 5.97 Å². The van der Waals surface area contributed by atoms with Crippen LogP contribution in [0.2, 0.25) is 0 Å². The molecule has 0 bridgehead atoms. The summed E-state index contributed by atoms with van der Waals surface area (Å²) in [5.41, 5.74) is 0. The van der Waals surface area contributed by atoms with Crippen LogP contribution in [0.15, 0.2) is 4.52 Å². The number of amides is 2.